The van der Waals surface area contributed by atoms with Crippen LogP contribution >= 0.6 is 0 Å². The minimum atomic E-state index is 0.0479. The predicted molar refractivity (Wildman–Crippen MR) is 126 cm³/mol. The Balaban J connectivity index is 1.43. The molecule has 170 valence electrons. The first kappa shape index (κ1) is 22.5. The molecule has 0 saturated carbocycles. The zero-order valence-electron chi connectivity index (χ0n) is 19.6. The number of hydrogen-bond donors (Lipinski definition) is 0. The van der Waals surface area contributed by atoms with Gasteiger partial charge < -0.3 is 9.80 Å². The lowest BCUT2D eigenvalue weighted by Gasteiger charge is -2.37. The number of pyridine rings is 1. The molecule has 32 heavy (non-hydrogen) atoms. The third-order valence-electron chi connectivity index (χ3n) is 6.96. The molecule has 2 aliphatic heterocycles. The fourth-order valence-electron chi connectivity index (χ4n) is 5.26. The fraction of sp³-hybridized carbons (Fsp3) is 0.519. The van der Waals surface area contributed by atoms with Crippen molar-refractivity contribution in [3.05, 3.63) is 64.5 Å². The summed E-state index contributed by atoms with van der Waals surface area (Å²) in [5.41, 5.74) is 6.06. The molecule has 0 spiro atoms. The normalized spacial score (nSPS) is 19.8. The summed E-state index contributed by atoms with van der Waals surface area (Å²) in [6, 6.07) is 13.1. The van der Waals surface area contributed by atoms with E-state index in [2.05, 4.69) is 55.1 Å². The van der Waals surface area contributed by atoms with Crippen LogP contribution in [0.3, 0.4) is 0 Å². The largest absolute Gasteiger partial charge is 0.343 e. The minimum Gasteiger partial charge on any atom is -0.343 e. The summed E-state index contributed by atoms with van der Waals surface area (Å²) in [4.78, 5) is 33.6. The van der Waals surface area contributed by atoms with Gasteiger partial charge in [-0.25, -0.2) is 0 Å². The quantitative estimate of drug-likeness (QED) is 0.724. The Hall–Kier alpha value is -2.69. The number of piperidine rings is 2. The van der Waals surface area contributed by atoms with Gasteiger partial charge in [-0.2, -0.15) is 0 Å². The molecule has 0 unspecified atom stereocenters. The van der Waals surface area contributed by atoms with E-state index in [1.165, 1.54) is 16.7 Å². The first-order chi connectivity index (χ1) is 15.4. The summed E-state index contributed by atoms with van der Waals surface area (Å²) in [6.45, 7) is 8.80. The van der Waals surface area contributed by atoms with Crippen molar-refractivity contribution in [3.63, 3.8) is 0 Å². The Morgan fingerprint density at radius 3 is 2.47 bits per heavy atom. The second-order valence-electron chi connectivity index (χ2n) is 9.61. The van der Waals surface area contributed by atoms with E-state index in [1.807, 2.05) is 4.90 Å². The third-order valence-corrected chi connectivity index (χ3v) is 6.96. The summed E-state index contributed by atoms with van der Waals surface area (Å²) < 4.78 is 0. The molecule has 1 aromatic carbocycles. The van der Waals surface area contributed by atoms with Gasteiger partial charge in [-0.05, 0) is 69.2 Å². The molecular weight excluding hydrogens is 398 g/mol. The number of amides is 2. The summed E-state index contributed by atoms with van der Waals surface area (Å²) in [6.07, 6.45) is 4.56. The van der Waals surface area contributed by atoms with E-state index in [-0.39, 0.29) is 17.7 Å². The maximum absolute atomic E-state index is 13.2. The number of aryl methyl sites for hydroxylation is 2. The van der Waals surface area contributed by atoms with Gasteiger partial charge in [-0.3, -0.25) is 14.6 Å². The topological polar surface area (TPSA) is 53.5 Å². The highest BCUT2D eigenvalue weighted by Crippen LogP contribution is 2.29. The van der Waals surface area contributed by atoms with E-state index in [1.54, 1.807) is 6.92 Å². The first-order valence-corrected chi connectivity index (χ1v) is 12.0. The third kappa shape index (κ3) is 5.37. The minimum absolute atomic E-state index is 0.0479. The second-order valence-corrected chi connectivity index (χ2v) is 9.61. The van der Waals surface area contributed by atoms with E-state index in [4.69, 9.17) is 4.98 Å². The molecule has 5 nitrogen and oxygen atoms in total. The maximum atomic E-state index is 13.2. The van der Waals surface area contributed by atoms with Crippen LogP contribution in [-0.2, 0) is 16.0 Å². The molecule has 2 aromatic rings. The number of rotatable bonds is 4. The standard InChI is InChI=1S/C27H35N3O2/c1-19-6-4-7-22(14-19)16-23-15-20(2)28-26(17-23)25-8-5-11-30(18-25)27(32)24-9-12-29(13-10-24)21(3)31/h4,6-7,14-15,17,24-25H,5,8-13,16,18H2,1-3H3/t25-/m1/s1. The van der Waals surface area contributed by atoms with Crippen LogP contribution in [-0.4, -0.2) is 52.8 Å². The van der Waals surface area contributed by atoms with Crippen LogP contribution in [0.4, 0.5) is 0 Å². The van der Waals surface area contributed by atoms with Crippen LogP contribution in [0.2, 0.25) is 0 Å². The number of aromatic nitrogens is 1. The Morgan fingerprint density at radius 1 is 0.969 bits per heavy atom. The molecule has 0 radical (unpaired) electrons. The lowest BCUT2D eigenvalue weighted by Crippen LogP contribution is -2.46. The summed E-state index contributed by atoms with van der Waals surface area (Å²) in [7, 11) is 0. The predicted octanol–water partition coefficient (Wildman–Crippen LogP) is 4.25. The zero-order valence-corrected chi connectivity index (χ0v) is 19.6. The van der Waals surface area contributed by atoms with Crippen LogP contribution in [0.1, 0.15) is 66.6 Å². The van der Waals surface area contributed by atoms with Crippen molar-refractivity contribution in [2.45, 2.75) is 58.8 Å². The molecule has 0 N–H and O–H groups in total. The van der Waals surface area contributed by atoms with Gasteiger partial charge in [0.25, 0.3) is 0 Å². The summed E-state index contributed by atoms with van der Waals surface area (Å²) >= 11 is 0. The van der Waals surface area contributed by atoms with Crippen molar-refractivity contribution in [2.24, 2.45) is 5.92 Å². The Bertz CT molecular complexity index is 979. The number of carbonyl (C=O) groups excluding carboxylic acids is 2. The smallest absolute Gasteiger partial charge is 0.225 e. The molecule has 3 heterocycles. The molecule has 0 aliphatic carbocycles. The average Bonchev–Trinajstić information content (AvgIpc) is 2.78. The van der Waals surface area contributed by atoms with Gasteiger partial charge in [0, 0.05) is 56.3 Å². The van der Waals surface area contributed by atoms with Crippen molar-refractivity contribution < 1.29 is 9.59 Å². The number of likely N-dealkylation sites (tertiary alicyclic amines) is 2. The van der Waals surface area contributed by atoms with Crippen LogP contribution < -0.4 is 0 Å². The molecule has 2 aliphatic rings. The molecule has 4 rings (SSSR count). The second kappa shape index (κ2) is 9.85. The molecule has 1 aromatic heterocycles. The van der Waals surface area contributed by atoms with E-state index in [0.717, 1.165) is 56.6 Å². The molecule has 5 heteroatoms. The van der Waals surface area contributed by atoms with Crippen molar-refractivity contribution in [3.8, 4) is 0 Å². The monoisotopic (exact) mass is 433 g/mol. The number of benzene rings is 1. The molecule has 1 atom stereocenters. The fourth-order valence-corrected chi connectivity index (χ4v) is 5.26. The van der Waals surface area contributed by atoms with Gasteiger partial charge in [0.1, 0.15) is 0 Å². The lowest BCUT2D eigenvalue weighted by molar-refractivity contribution is -0.141. The van der Waals surface area contributed by atoms with Gasteiger partial charge in [0.15, 0.2) is 0 Å². The average molecular weight is 434 g/mol. The van der Waals surface area contributed by atoms with E-state index in [0.29, 0.717) is 19.0 Å². The van der Waals surface area contributed by atoms with Crippen molar-refractivity contribution >= 4 is 11.8 Å². The Morgan fingerprint density at radius 2 is 1.75 bits per heavy atom. The summed E-state index contributed by atoms with van der Waals surface area (Å²) in [5, 5.41) is 0. The number of hydrogen-bond acceptors (Lipinski definition) is 3. The highest BCUT2D eigenvalue weighted by molar-refractivity contribution is 5.80. The molecule has 2 amide bonds. The van der Waals surface area contributed by atoms with E-state index >= 15 is 0 Å². The van der Waals surface area contributed by atoms with Gasteiger partial charge in [-0.15, -0.1) is 0 Å². The van der Waals surface area contributed by atoms with Crippen molar-refractivity contribution in [2.75, 3.05) is 26.2 Å². The van der Waals surface area contributed by atoms with Crippen LogP contribution in [0.25, 0.3) is 0 Å². The number of carbonyl (C=O) groups is 2. The highest BCUT2D eigenvalue weighted by Gasteiger charge is 2.32. The van der Waals surface area contributed by atoms with E-state index in [9.17, 15) is 9.59 Å². The van der Waals surface area contributed by atoms with Crippen molar-refractivity contribution in [1.29, 1.82) is 0 Å². The molecule has 2 saturated heterocycles. The van der Waals surface area contributed by atoms with Gasteiger partial charge in [-0.1, -0.05) is 29.8 Å². The Labute approximate surface area is 191 Å². The van der Waals surface area contributed by atoms with Gasteiger partial charge >= 0.3 is 0 Å². The lowest BCUT2D eigenvalue weighted by atomic mass is 9.89. The molecule has 2 fully saturated rings. The van der Waals surface area contributed by atoms with Gasteiger partial charge in [0.2, 0.25) is 11.8 Å². The van der Waals surface area contributed by atoms with Crippen LogP contribution in [0, 0.1) is 19.8 Å². The SMILES string of the molecule is CC(=O)N1CCC(C(=O)N2CCC[C@@H](c3cc(Cc4cccc(C)c4)cc(C)n3)C2)CC1. The summed E-state index contributed by atoms with van der Waals surface area (Å²) in [5.74, 6) is 0.722. The molecular formula is C27H35N3O2. The van der Waals surface area contributed by atoms with Crippen LogP contribution in [0.15, 0.2) is 36.4 Å². The van der Waals surface area contributed by atoms with Crippen LogP contribution in [0.5, 0.6) is 0 Å². The van der Waals surface area contributed by atoms with Gasteiger partial charge in [0.05, 0.1) is 0 Å². The first-order valence-electron chi connectivity index (χ1n) is 12.0. The maximum Gasteiger partial charge on any atom is 0.225 e. The molecule has 0 bridgehead atoms. The van der Waals surface area contributed by atoms with E-state index < -0.39 is 0 Å². The zero-order chi connectivity index (χ0) is 22.7. The number of nitrogens with zero attached hydrogens (tertiary/aromatic N) is 3. The Kier molecular flexibility index (Phi) is 6.92. The highest BCUT2D eigenvalue weighted by atomic mass is 16.2. The van der Waals surface area contributed by atoms with Crippen molar-refractivity contribution in [1.82, 2.24) is 14.8 Å².